The first kappa shape index (κ1) is 20.5. The van der Waals surface area contributed by atoms with Crippen molar-refractivity contribution in [1.82, 2.24) is 14.9 Å². The summed E-state index contributed by atoms with van der Waals surface area (Å²) in [5.74, 6) is 0.484. The van der Waals surface area contributed by atoms with Crippen LogP contribution in [0.4, 0.5) is 0 Å². The van der Waals surface area contributed by atoms with Gasteiger partial charge in [0.2, 0.25) is 11.5 Å². The van der Waals surface area contributed by atoms with E-state index in [1.807, 2.05) is 72.8 Å². The smallest absolute Gasteiger partial charge is 0.297 e. The average molecular weight is 439 g/mol. The van der Waals surface area contributed by atoms with E-state index in [1.54, 1.807) is 6.07 Å². The molecule has 0 saturated carbocycles. The number of nitrogens with zero attached hydrogens (tertiary/aromatic N) is 2. The summed E-state index contributed by atoms with van der Waals surface area (Å²) in [5.41, 5.74) is 2.77. The Balaban J connectivity index is 1.27. The molecule has 0 unspecified atom stereocenters. The summed E-state index contributed by atoms with van der Waals surface area (Å²) in [5, 5.41) is 3.65. The van der Waals surface area contributed by atoms with Crippen molar-refractivity contribution in [2.75, 3.05) is 0 Å². The minimum Gasteiger partial charge on any atom is -0.489 e. The number of hydrogen-bond donors (Lipinski definition) is 1. The number of benzene rings is 3. The summed E-state index contributed by atoms with van der Waals surface area (Å²) in [4.78, 5) is 29.7. The number of furan rings is 1. The summed E-state index contributed by atoms with van der Waals surface area (Å²) in [6, 6.07) is 24.7. The molecule has 1 N–H and O–H groups in total. The van der Waals surface area contributed by atoms with Gasteiger partial charge in [-0.25, -0.2) is 4.98 Å². The van der Waals surface area contributed by atoms with Gasteiger partial charge in [0.15, 0.2) is 0 Å². The first-order valence-electron chi connectivity index (χ1n) is 10.6. The van der Waals surface area contributed by atoms with E-state index in [1.165, 1.54) is 10.9 Å². The standard InChI is InChI=1S/C26H21N3O4/c30-23(15-29-17-28-24-21-12-6-7-13-22(21)33-25(24)26(29)31)27-14-18-8-4-5-9-19(18)16-32-20-10-2-1-3-11-20/h1-13,17H,14-16H2,(H,27,30). The quantitative estimate of drug-likeness (QED) is 0.414. The van der Waals surface area contributed by atoms with Gasteiger partial charge < -0.3 is 14.5 Å². The van der Waals surface area contributed by atoms with Gasteiger partial charge in [-0.2, -0.15) is 0 Å². The van der Waals surface area contributed by atoms with Crippen LogP contribution < -0.4 is 15.6 Å². The Morgan fingerprint density at radius 2 is 1.67 bits per heavy atom. The lowest BCUT2D eigenvalue weighted by Gasteiger charge is -2.12. The second-order valence-corrected chi connectivity index (χ2v) is 7.60. The highest BCUT2D eigenvalue weighted by Gasteiger charge is 2.14. The molecular formula is C26H21N3O4. The van der Waals surface area contributed by atoms with Crippen molar-refractivity contribution in [1.29, 1.82) is 0 Å². The Bertz CT molecular complexity index is 1490. The van der Waals surface area contributed by atoms with Crippen LogP contribution in [0.2, 0.25) is 0 Å². The van der Waals surface area contributed by atoms with Crippen LogP contribution in [0.1, 0.15) is 11.1 Å². The van der Waals surface area contributed by atoms with E-state index in [2.05, 4.69) is 10.3 Å². The maximum atomic E-state index is 12.8. The molecule has 164 valence electrons. The van der Waals surface area contributed by atoms with Gasteiger partial charge in [-0.1, -0.05) is 54.6 Å². The molecule has 1 amide bonds. The molecule has 0 atom stereocenters. The molecule has 5 aromatic rings. The van der Waals surface area contributed by atoms with E-state index in [0.29, 0.717) is 24.3 Å². The topological polar surface area (TPSA) is 86.4 Å². The number of hydrogen-bond acceptors (Lipinski definition) is 5. The highest BCUT2D eigenvalue weighted by Crippen LogP contribution is 2.24. The van der Waals surface area contributed by atoms with Crippen molar-refractivity contribution in [2.45, 2.75) is 19.7 Å². The fraction of sp³-hybridized carbons (Fsp3) is 0.115. The molecule has 3 aromatic carbocycles. The zero-order valence-electron chi connectivity index (χ0n) is 17.7. The molecule has 0 spiro atoms. The molecule has 0 aliphatic rings. The summed E-state index contributed by atoms with van der Waals surface area (Å²) in [6.45, 7) is 0.561. The number of para-hydroxylation sites is 2. The fourth-order valence-corrected chi connectivity index (χ4v) is 3.68. The average Bonchev–Trinajstić information content (AvgIpc) is 3.24. The molecule has 0 aliphatic carbocycles. The maximum absolute atomic E-state index is 12.8. The van der Waals surface area contributed by atoms with Gasteiger partial charge in [0.1, 0.15) is 30.0 Å². The van der Waals surface area contributed by atoms with Crippen molar-refractivity contribution in [3.63, 3.8) is 0 Å². The minimum absolute atomic E-state index is 0.148. The van der Waals surface area contributed by atoms with Crippen molar-refractivity contribution in [3.05, 3.63) is 107 Å². The number of carbonyl (C=O) groups excluding carboxylic acids is 1. The van der Waals surface area contributed by atoms with Gasteiger partial charge in [0.05, 0.1) is 6.33 Å². The third-order valence-electron chi connectivity index (χ3n) is 5.40. The first-order valence-corrected chi connectivity index (χ1v) is 10.6. The number of aromatic nitrogens is 2. The third-order valence-corrected chi connectivity index (χ3v) is 5.40. The number of ether oxygens (including phenoxy) is 1. The second-order valence-electron chi connectivity index (χ2n) is 7.60. The summed E-state index contributed by atoms with van der Waals surface area (Å²) in [7, 11) is 0. The molecule has 0 bridgehead atoms. The molecule has 0 radical (unpaired) electrons. The first-order chi connectivity index (χ1) is 16.2. The molecular weight excluding hydrogens is 418 g/mol. The zero-order valence-corrected chi connectivity index (χ0v) is 17.7. The summed E-state index contributed by atoms with van der Waals surface area (Å²) < 4.78 is 12.8. The van der Waals surface area contributed by atoms with E-state index in [9.17, 15) is 9.59 Å². The van der Waals surface area contributed by atoms with Crippen LogP contribution in [-0.2, 0) is 24.5 Å². The number of carbonyl (C=O) groups is 1. The van der Waals surface area contributed by atoms with Crippen molar-refractivity contribution < 1.29 is 13.9 Å². The Morgan fingerprint density at radius 3 is 2.52 bits per heavy atom. The lowest BCUT2D eigenvalue weighted by molar-refractivity contribution is -0.121. The number of amides is 1. The Kier molecular flexibility index (Phi) is 5.59. The van der Waals surface area contributed by atoms with Gasteiger partial charge in [0.25, 0.3) is 5.56 Å². The normalized spacial score (nSPS) is 11.0. The molecule has 33 heavy (non-hydrogen) atoms. The molecule has 0 aliphatic heterocycles. The van der Waals surface area contributed by atoms with E-state index in [0.717, 1.165) is 22.3 Å². The highest BCUT2D eigenvalue weighted by atomic mass is 16.5. The van der Waals surface area contributed by atoms with Crippen LogP contribution in [0.15, 0.2) is 94.4 Å². The molecule has 2 heterocycles. The van der Waals surface area contributed by atoms with Crippen molar-refractivity contribution >= 4 is 28.0 Å². The number of nitrogens with one attached hydrogen (secondary N) is 1. The summed E-state index contributed by atoms with van der Waals surface area (Å²) >= 11 is 0. The van der Waals surface area contributed by atoms with Gasteiger partial charge in [-0.15, -0.1) is 0 Å². The maximum Gasteiger partial charge on any atom is 0.297 e. The number of rotatable bonds is 7. The van der Waals surface area contributed by atoms with Crippen LogP contribution in [-0.4, -0.2) is 15.5 Å². The second kappa shape index (κ2) is 9.00. The molecule has 2 aromatic heterocycles. The van der Waals surface area contributed by atoms with Crippen molar-refractivity contribution in [2.24, 2.45) is 0 Å². The Labute approximate surface area is 189 Å². The van der Waals surface area contributed by atoms with E-state index in [4.69, 9.17) is 9.15 Å². The largest absolute Gasteiger partial charge is 0.489 e. The Morgan fingerprint density at radius 1 is 0.939 bits per heavy atom. The van der Waals surface area contributed by atoms with Crippen LogP contribution in [0.5, 0.6) is 5.75 Å². The fourth-order valence-electron chi connectivity index (χ4n) is 3.68. The molecule has 0 saturated heterocycles. The SMILES string of the molecule is O=C(Cn1cnc2c(oc3ccccc32)c1=O)NCc1ccccc1COc1ccccc1. The Hall–Kier alpha value is -4.39. The minimum atomic E-state index is -0.386. The van der Waals surface area contributed by atoms with Crippen molar-refractivity contribution in [3.8, 4) is 5.75 Å². The van der Waals surface area contributed by atoms with Crippen LogP contribution in [0.3, 0.4) is 0 Å². The van der Waals surface area contributed by atoms with Gasteiger partial charge >= 0.3 is 0 Å². The van der Waals surface area contributed by atoms with Gasteiger partial charge in [-0.05, 0) is 35.4 Å². The van der Waals surface area contributed by atoms with E-state index < -0.39 is 0 Å². The third kappa shape index (κ3) is 4.34. The summed E-state index contributed by atoms with van der Waals surface area (Å²) in [6.07, 6.45) is 1.38. The monoisotopic (exact) mass is 439 g/mol. The molecule has 7 nitrogen and oxygen atoms in total. The van der Waals surface area contributed by atoms with Crippen LogP contribution in [0, 0.1) is 0 Å². The van der Waals surface area contributed by atoms with E-state index in [-0.39, 0.29) is 23.6 Å². The lowest BCUT2D eigenvalue weighted by atomic mass is 10.1. The molecule has 5 rings (SSSR count). The van der Waals surface area contributed by atoms with Crippen LogP contribution in [0.25, 0.3) is 22.1 Å². The predicted molar refractivity (Wildman–Crippen MR) is 125 cm³/mol. The number of fused-ring (bicyclic) bond motifs is 3. The predicted octanol–water partition coefficient (Wildman–Crippen LogP) is 4.04. The highest BCUT2D eigenvalue weighted by molar-refractivity contribution is 6.01. The van der Waals surface area contributed by atoms with Gasteiger partial charge in [-0.3, -0.25) is 14.2 Å². The molecule has 0 fully saturated rings. The van der Waals surface area contributed by atoms with Gasteiger partial charge in [0, 0.05) is 11.9 Å². The lowest BCUT2D eigenvalue weighted by Crippen LogP contribution is -2.32. The zero-order chi connectivity index (χ0) is 22.6. The van der Waals surface area contributed by atoms with Crippen LogP contribution >= 0.6 is 0 Å². The molecule has 7 heteroatoms. The van der Waals surface area contributed by atoms with E-state index >= 15 is 0 Å².